The predicted molar refractivity (Wildman–Crippen MR) is 55.1 cm³/mol. The highest BCUT2D eigenvalue weighted by Gasteiger charge is 2.27. The van der Waals surface area contributed by atoms with Crippen LogP contribution in [0.2, 0.25) is 0 Å². The summed E-state index contributed by atoms with van der Waals surface area (Å²) < 4.78 is 29.0. The molecule has 0 saturated heterocycles. The zero-order chi connectivity index (χ0) is 12.1. The SMILES string of the molecule is COCCN(CC(=O)O)S(=O)(=O)C(C)C. The highest BCUT2D eigenvalue weighted by atomic mass is 32.2. The fourth-order valence-corrected chi connectivity index (χ4v) is 2.15. The van der Waals surface area contributed by atoms with Crippen LogP contribution < -0.4 is 0 Å². The van der Waals surface area contributed by atoms with Crippen LogP contribution >= 0.6 is 0 Å². The molecule has 7 heteroatoms. The largest absolute Gasteiger partial charge is 0.480 e. The highest BCUT2D eigenvalue weighted by Crippen LogP contribution is 2.07. The van der Waals surface area contributed by atoms with E-state index in [1.165, 1.54) is 21.0 Å². The van der Waals surface area contributed by atoms with Gasteiger partial charge in [-0.2, -0.15) is 4.31 Å². The van der Waals surface area contributed by atoms with Crippen LogP contribution in [0.5, 0.6) is 0 Å². The average Bonchev–Trinajstić information content (AvgIpc) is 2.11. The smallest absolute Gasteiger partial charge is 0.318 e. The van der Waals surface area contributed by atoms with Crippen LogP contribution in [0.25, 0.3) is 0 Å². The number of hydrogen-bond acceptors (Lipinski definition) is 4. The van der Waals surface area contributed by atoms with E-state index in [4.69, 9.17) is 9.84 Å². The van der Waals surface area contributed by atoms with E-state index in [2.05, 4.69) is 0 Å². The maximum absolute atomic E-state index is 11.7. The normalized spacial score (nSPS) is 12.3. The molecule has 0 bridgehead atoms. The van der Waals surface area contributed by atoms with Crippen LogP contribution in [-0.2, 0) is 19.6 Å². The zero-order valence-corrected chi connectivity index (χ0v) is 9.95. The highest BCUT2D eigenvalue weighted by molar-refractivity contribution is 7.89. The number of sulfonamides is 1. The first kappa shape index (κ1) is 14.3. The van der Waals surface area contributed by atoms with Crippen LogP contribution in [0.4, 0.5) is 0 Å². The van der Waals surface area contributed by atoms with Gasteiger partial charge in [-0.05, 0) is 13.8 Å². The van der Waals surface area contributed by atoms with Crippen molar-refractivity contribution in [3.8, 4) is 0 Å². The fourth-order valence-electron chi connectivity index (χ4n) is 0.938. The Bertz CT molecular complexity index is 298. The third-order valence-corrected chi connectivity index (χ3v) is 4.03. The van der Waals surface area contributed by atoms with Crippen molar-refractivity contribution >= 4 is 16.0 Å². The summed E-state index contributed by atoms with van der Waals surface area (Å²) in [5.41, 5.74) is 0. The summed E-state index contributed by atoms with van der Waals surface area (Å²) in [6.45, 7) is 2.74. The van der Waals surface area contributed by atoms with Crippen molar-refractivity contribution in [3.63, 3.8) is 0 Å². The van der Waals surface area contributed by atoms with Gasteiger partial charge in [-0.3, -0.25) is 4.79 Å². The lowest BCUT2D eigenvalue weighted by Crippen LogP contribution is -2.41. The molecule has 0 radical (unpaired) electrons. The molecular weight excluding hydrogens is 222 g/mol. The fraction of sp³-hybridized carbons (Fsp3) is 0.875. The van der Waals surface area contributed by atoms with Gasteiger partial charge in [0.15, 0.2) is 0 Å². The quantitative estimate of drug-likeness (QED) is 0.662. The van der Waals surface area contributed by atoms with Crippen LogP contribution in [-0.4, -0.2) is 55.9 Å². The van der Waals surface area contributed by atoms with Gasteiger partial charge in [-0.15, -0.1) is 0 Å². The van der Waals surface area contributed by atoms with Gasteiger partial charge in [0.1, 0.15) is 6.54 Å². The van der Waals surface area contributed by atoms with Crippen LogP contribution in [0.15, 0.2) is 0 Å². The summed E-state index contributed by atoms with van der Waals surface area (Å²) in [5.74, 6) is -1.17. The molecule has 0 aromatic heterocycles. The Morgan fingerprint density at radius 1 is 1.47 bits per heavy atom. The van der Waals surface area contributed by atoms with Gasteiger partial charge in [0.25, 0.3) is 0 Å². The Hall–Kier alpha value is -0.660. The Morgan fingerprint density at radius 2 is 2.00 bits per heavy atom. The minimum absolute atomic E-state index is 0.0588. The van der Waals surface area contributed by atoms with Crippen molar-refractivity contribution in [1.29, 1.82) is 0 Å². The molecule has 0 aliphatic heterocycles. The number of nitrogens with zero attached hydrogens (tertiary/aromatic N) is 1. The molecule has 0 spiro atoms. The second-order valence-electron chi connectivity index (χ2n) is 3.31. The van der Waals surface area contributed by atoms with E-state index in [-0.39, 0.29) is 13.2 Å². The van der Waals surface area contributed by atoms with E-state index in [9.17, 15) is 13.2 Å². The van der Waals surface area contributed by atoms with Crippen molar-refractivity contribution in [2.24, 2.45) is 0 Å². The predicted octanol–water partition coefficient (Wildman–Crippen LogP) is -0.242. The summed E-state index contributed by atoms with van der Waals surface area (Å²) in [6.07, 6.45) is 0. The van der Waals surface area contributed by atoms with Crippen molar-refractivity contribution in [3.05, 3.63) is 0 Å². The standard InChI is InChI=1S/C8H17NO5S/c1-7(2)15(12,13)9(4-5-14-3)6-8(10)11/h7H,4-6H2,1-3H3,(H,10,11). The molecule has 0 fully saturated rings. The molecule has 0 aromatic carbocycles. The van der Waals surface area contributed by atoms with Crippen LogP contribution in [0, 0.1) is 0 Å². The van der Waals surface area contributed by atoms with Crippen molar-refractivity contribution < 1.29 is 23.1 Å². The summed E-state index contributed by atoms with van der Waals surface area (Å²) >= 11 is 0. The molecule has 15 heavy (non-hydrogen) atoms. The number of rotatable bonds is 7. The molecule has 0 unspecified atom stereocenters. The molecule has 0 aliphatic carbocycles. The monoisotopic (exact) mass is 239 g/mol. The van der Waals surface area contributed by atoms with Crippen molar-refractivity contribution in [2.75, 3.05) is 26.8 Å². The topological polar surface area (TPSA) is 83.9 Å². The van der Waals surface area contributed by atoms with Gasteiger partial charge in [0, 0.05) is 13.7 Å². The number of aliphatic carboxylic acids is 1. The summed E-state index contributed by atoms with van der Waals surface area (Å²) in [6, 6.07) is 0. The van der Waals surface area contributed by atoms with E-state index in [0.29, 0.717) is 0 Å². The summed E-state index contributed by atoms with van der Waals surface area (Å²) in [4.78, 5) is 10.5. The number of carbonyl (C=O) groups is 1. The zero-order valence-electron chi connectivity index (χ0n) is 9.13. The first-order valence-corrected chi connectivity index (χ1v) is 6.02. The van der Waals surface area contributed by atoms with Gasteiger partial charge in [-0.1, -0.05) is 0 Å². The second kappa shape index (κ2) is 6.04. The molecule has 0 atom stereocenters. The summed E-state index contributed by atoms with van der Waals surface area (Å²) in [7, 11) is -2.10. The van der Waals surface area contributed by atoms with Crippen LogP contribution in [0.1, 0.15) is 13.8 Å². The number of ether oxygens (including phenoxy) is 1. The number of hydrogen-bond donors (Lipinski definition) is 1. The molecule has 0 aromatic rings. The maximum Gasteiger partial charge on any atom is 0.318 e. The van der Waals surface area contributed by atoms with Crippen LogP contribution in [0.3, 0.4) is 0 Å². The van der Waals surface area contributed by atoms with E-state index in [0.717, 1.165) is 4.31 Å². The average molecular weight is 239 g/mol. The molecule has 90 valence electrons. The van der Waals surface area contributed by atoms with Crippen molar-refractivity contribution in [1.82, 2.24) is 4.31 Å². The number of methoxy groups -OCH3 is 1. The molecule has 0 aliphatic rings. The van der Waals surface area contributed by atoms with Crippen molar-refractivity contribution in [2.45, 2.75) is 19.1 Å². The number of carboxylic acids is 1. The lowest BCUT2D eigenvalue weighted by molar-refractivity contribution is -0.137. The maximum atomic E-state index is 11.7. The Balaban J connectivity index is 4.69. The molecule has 0 amide bonds. The van der Waals surface area contributed by atoms with Gasteiger partial charge in [0.05, 0.1) is 11.9 Å². The van der Waals surface area contributed by atoms with E-state index < -0.39 is 27.8 Å². The third-order valence-electron chi connectivity index (χ3n) is 1.81. The molecule has 1 N–H and O–H groups in total. The molecule has 0 heterocycles. The minimum Gasteiger partial charge on any atom is -0.480 e. The molecule has 6 nitrogen and oxygen atoms in total. The van der Waals surface area contributed by atoms with E-state index in [1.807, 2.05) is 0 Å². The molecular formula is C8H17NO5S. The van der Waals surface area contributed by atoms with Gasteiger partial charge >= 0.3 is 5.97 Å². The lowest BCUT2D eigenvalue weighted by Gasteiger charge is -2.21. The van der Waals surface area contributed by atoms with Gasteiger partial charge < -0.3 is 9.84 Å². The first-order valence-electron chi connectivity index (χ1n) is 4.52. The first-order chi connectivity index (χ1) is 6.82. The van der Waals surface area contributed by atoms with E-state index in [1.54, 1.807) is 0 Å². The molecule has 0 rings (SSSR count). The lowest BCUT2D eigenvalue weighted by atomic mass is 10.6. The Labute approximate surface area is 89.9 Å². The third kappa shape index (κ3) is 4.59. The molecule has 0 saturated carbocycles. The van der Waals surface area contributed by atoms with Gasteiger partial charge in [0.2, 0.25) is 10.0 Å². The van der Waals surface area contributed by atoms with Gasteiger partial charge in [-0.25, -0.2) is 8.42 Å². The number of carboxylic acid groups (broad SMARTS) is 1. The second-order valence-corrected chi connectivity index (χ2v) is 5.80. The Kier molecular flexibility index (Phi) is 5.77. The Morgan fingerprint density at radius 3 is 2.33 bits per heavy atom. The minimum atomic E-state index is -3.53. The summed E-state index contributed by atoms with van der Waals surface area (Å²) in [5, 5.41) is 7.95. The van der Waals surface area contributed by atoms with E-state index >= 15 is 0 Å².